The molecule has 1 aliphatic heterocycles. The van der Waals surface area contributed by atoms with Gasteiger partial charge >= 0.3 is 0 Å². The molecule has 3 nitrogen and oxygen atoms in total. The normalized spacial score (nSPS) is 30.5. The third-order valence-electron chi connectivity index (χ3n) is 4.41. The van der Waals surface area contributed by atoms with E-state index in [0.717, 1.165) is 17.9 Å². The van der Waals surface area contributed by atoms with Crippen LogP contribution in [0.15, 0.2) is 30.3 Å². The Hall–Kier alpha value is -1.78. The highest BCUT2D eigenvalue weighted by Crippen LogP contribution is 2.74. The van der Waals surface area contributed by atoms with Crippen molar-refractivity contribution < 1.29 is 4.79 Å². The van der Waals surface area contributed by atoms with E-state index in [0.29, 0.717) is 5.56 Å². The van der Waals surface area contributed by atoms with Crippen LogP contribution < -0.4 is 0 Å². The predicted octanol–water partition coefficient (Wildman–Crippen LogP) is 2.66. The van der Waals surface area contributed by atoms with Crippen molar-refractivity contribution in [1.29, 1.82) is 10.5 Å². The molecule has 0 radical (unpaired) electrons. The summed E-state index contributed by atoms with van der Waals surface area (Å²) in [6, 6.07) is 13.3. The first-order valence-electron chi connectivity index (χ1n) is 6.21. The summed E-state index contributed by atoms with van der Waals surface area (Å²) >= 11 is 1.74. The Kier molecular flexibility index (Phi) is 2.66. The topological polar surface area (TPSA) is 64.7 Å². The second-order valence-electron chi connectivity index (χ2n) is 5.15. The van der Waals surface area contributed by atoms with E-state index in [1.807, 2.05) is 18.2 Å². The lowest BCUT2D eigenvalue weighted by Gasteiger charge is -2.06. The van der Waals surface area contributed by atoms with E-state index >= 15 is 0 Å². The molecule has 1 saturated heterocycles. The SMILES string of the molecule is N#CC1(C#N)C(C(=O)c2ccccc2)C12CCSC2. The van der Waals surface area contributed by atoms with Crippen LogP contribution in [0.25, 0.3) is 0 Å². The predicted molar refractivity (Wildman–Crippen MR) is 72.3 cm³/mol. The van der Waals surface area contributed by atoms with Gasteiger partial charge in [0, 0.05) is 16.7 Å². The van der Waals surface area contributed by atoms with E-state index < -0.39 is 16.7 Å². The molecule has 19 heavy (non-hydrogen) atoms. The Labute approximate surface area is 116 Å². The molecule has 2 unspecified atom stereocenters. The van der Waals surface area contributed by atoms with Gasteiger partial charge in [0.2, 0.25) is 0 Å². The Morgan fingerprint density at radius 3 is 2.47 bits per heavy atom. The Bertz CT molecular complexity index is 591. The van der Waals surface area contributed by atoms with Crippen LogP contribution >= 0.6 is 11.8 Å². The molecule has 1 aromatic carbocycles. The molecule has 1 spiro atoms. The van der Waals surface area contributed by atoms with Crippen LogP contribution in [0.2, 0.25) is 0 Å². The number of ketones is 1. The lowest BCUT2D eigenvalue weighted by Crippen LogP contribution is -2.11. The number of Topliss-reactive ketones (excluding diaryl/α,β-unsaturated/α-hetero) is 1. The lowest BCUT2D eigenvalue weighted by atomic mass is 9.94. The fourth-order valence-corrected chi connectivity index (χ4v) is 4.86. The number of nitrogens with zero attached hydrogens (tertiary/aromatic N) is 2. The van der Waals surface area contributed by atoms with Crippen molar-refractivity contribution in [1.82, 2.24) is 0 Å². The quantitative estimate of drug-likeness (QED) is 0.773. The monoisotopic (exact) mass is 268 g/mol. The van der Waals surface area contributed by atoms with Gasteiger partial charge in [-0.25, -0.2) is 0 Å². The number of carbonyl (C=O) groups is 1. The smallest absolute Gasteiger partial charge is 0.169 e. The molecule has 2 aliphatic rings. The minimum absolute atomic E-state index is 0.0498. The molecule has 1 aromatic rings. The summed E-state index contributed by atoms with van der Waals surface area (Å²) in [5.41, 5.74) is -0.909. The average molecular weight is 268 g/mol. The zero-order chi connectivity index (χ0) is 13.5. The van der Waals surface area contributed by atoms with Gasteiger partial charge < -0.3 is 0 Å². The summed E-state index contributed by atoms with van der Waals surface area (Å²) in [5, 5.41) is 18.8. The first-order valence-corrected chi connectivity index (χ1v) is 7.37. The summed E-state index contributed by atoms with van der Waals surface area (Å²) < 4.78 is 0. The van der Waals surface area contributed by atoms with Crippen molar-refractivity contribution in [3.8, 4) is 12.1 Å². The molecule has 0 bridgehead atoms. The van der Waals surface area contributed by atoms with Crippen LogP contribution in [0.4, 0.5) is 0 Å². The maximum Gasteiger partial charge on any atom is 0.169 e. The van der Waals surface area contributed by atoms with Gasteiger partial charge in [-0.1, -0.05) is 30.3 Å². The molecule has 1 aliphatic carbocycles. The Morgan fingerprint density at radius 2 is 1.95 bits per heavy atom. The number of nitriles is 2. The molecule has 1 saturated carbocycles. The molecule has 94 valence electrons. The summed E-state index contributed by atoms with van der Waals surface area (Å²) in [5.74, 6) is 1.18. The molecule has 0 N–H and O–H groups in total. The summed E-state index contributed by atoms with van der Waals surface area (Å²) in [6.45, 7) is 0. The van der Waals surface area contributed by atoms with Gasteiger partial charge in [-0.15, -0.1) is 0 Å². The first kappa shape index (κ1) is 12.3. The zero-order valence-electron chi connectivity index (χ0n) is 10.3. The summed E-state index contributed by atoms with van der Waals surface area (Å²) in [4.78, 5) is 12.6. The number of benzene rings is 1. The standard InChI is InChI=1S/C15H12N2OS/c16-8-15(9-17)13(14(15)6-7-19-10-14)12(18)11-4-2-1-3-5-11/h1-5,13H,6-7,10H2. The minimum atomic E-state index is -1.11. The van der Waals surface area contributed by atoms with Crippen molar-refractivity contribution >= 4 is 17.5 Å². The molecule has 4 heteroatoms. The van der Waals surface area contributed by atoms with E-state index in [9.17, 15) is 15.3 Å². The third kappa shape index (κ3) is 1.41. The van der Waals surface area contributed by atoms with Gasteiger partial charge in [-0.2, -0.15) is 22.3 Å². The van der Waals surface area contributed by atoms with E-state index in [1.165, 1.54) is 0 Å². The molecule has 2 fully saturated rings. The highest BCUT2D eigenvalue weighted by molar-refractivity contribution is 7.99. The van der Waals surface area contributed by atoms with Crippen molar-refractivity contribution in [3.63, 3.8) is 0 Å². The molecular formula is C15H12N2OS. The molecule has 1 heterocycles. The van der Waals surface area contributed by atoms with Crippen LogP contribution in [-0.2, 0) is 0 Å². The maximum atomic E-state index is 12.6. The molecule has 0 amide bonds. The highest BCUT2D eigenvalue weighted by atomic mass is 32.2. The first-order chi connectivity index (χ1) is 9.22. The van der Waals surface area contributed by atoms with Crippen LogP contribution in [0.5, 0.6) is 0 Å². The molecule has 0 aromatic heterocycles. The minimum Gasteiger partial charge on any atom is -0.294 e. The van der Waals surface area contributed by atoms with Crippen LogP contribution in [0.1, 0.15) is 16.8 Å². The second-order valence-corrected chi connectivity index (χ2v) is 6.26. The second kappa shape index (κ2) is 4.11. The third-order valence-corrected chi connectivity index (χ3v) is 5.63. The molecule has 3 rings (SSSR count). The van der Waals surface area contributed by atoms with Gasteiger partial charge in [-0.05, 0) is 12.2 Å². The Balaban J connectivity index is 2.00. The van der Waals surface area contributed by atoms with Crippen molar-refractivity contribution in [2.45, 2.75) is 6.42 Å². The number of carbonyl (C=O) groups excluding carboxylic acids is 1. The van der Waals surface area contributed by atoms with E-state index in [4.69, 9.17) is 0 Å². The van der Waals surface area contributed by atoms with Gasteiger partial charge in [0.15, 0.2) is 11.2 Å². The molecular weight excluding hydrogens is 256 g/mol. The highest BCUT2D eigenvalue weighted by Gasteiger charge is 2.81. The van der Waals surface area contributed by atoms with E-state index in [1.54, 1.807) is 23.9 Å². The van der Waals surface area contributed by atoms with Gasteiger partial charge in [0.05, 0.1) is 18.1 Å². The molecule has 2 atom stereocenters. The van der Waals surface area contributed by atoms with Crippen molar-refractivity contribution in [2.24, 2.45) is 16.7 Å². The van der Waals surface area contributed by atoms with E-state index in [2.05, 4.69) is 12.1 Å². The maximum absolute atomic E-state index is 12.6. The van der Waals surface area contributed by atoms with Crippen LogP contribution in [-0.4, -0.2) is 17.3 Å². The lowest BCUT2D eigenvalue weighted by molar-refractivity contribution is 0.0947. The van der Waals surface area contributed by atoms with Crippen molar-refractivity contribution in [3.05, 3.63) is 35.9 Å². The Morgan fingerprint density at radius 1 is 1.26 bits per heavy atom. The summed E-state index contributed by atoms with van der Waals surface area (Å²) in [7, 11) is 0. The van der Waals surface area contributed by atoms with Crippen molar-refractivity contribution in [2.75, 3.05) is 11.5 Å². The van der Waals surface area contributed by atoms with Crippen LogP contribution in [0.3, 0.4) is 0 Å². The fourth-order valence-electron chi connectivity index (χ4n) is 3.31. The van der Waals surface area contributed by atoms with Crippen LogP contribution in [0, 0.1) is 39.4 Å². The number of thioether (sulfide) groups is 1. The van der Waals surface area contributed by atoms with E-state index in [-0.39, 0.29) is 5.78 Å². The van der Waals surface area contributed by atoms with Gasteiger partial charge in [0.25, 0.3) is 0 Å². The largest absolute Gasteiger partial charge is 0.294 e. The number of hydrogen-bond donors (Lipinski definition) is 0. The number of rotatable bonds is 2. The fraction of sp³-hybridized carbons (Fsp3) is 0.400. The average Bonchev–Trinajstić information content (AvgIpc) is 2.74. The number of hydrogen-bond acceptors (Lipinski definition) is 4. The summed E-state index contributed by atoms with van der Waals surface area (Å²) in [6.07, 6.45) is 0.794. The van der Waals surface area contributed by atoms with Gasteiger partial charge in [-0.3, -0.25) is 4.79 Å². The van der Waals surface area contributed by atoms with Gasteiger partial charge in [0.1, 0.15) is 0 Å². The zero-order valence-corrected chi connectivity index (χ0v) is 11.1.